The minimum Gasteiger partial charge on any atom is -0.495 e. The van der Waals surface area contributed by atoms with Crippen molar-refractivity contribution in [1.29, 1.82) is 0 Å². The summed E-state index contributed by atoms with van der Waals surface area (Å²) in [7, 11) is 1.68. The maximum absolute atomic E-state index is 12.3. The van der Waals surface area contributed by atoms with E-state index >= 15 is 0 Å². The number of anilines is 1. The topological polar surface area (TPSA) is 45.7 Å². The molecule has 1 saturated heterocycles. The molecule has 1 aromatic carbocycles. The monoisotopic (exact) mass is 303 g/mol. The highest BCUT2D eigenvalue weighted by Crippen LogP contribution is 2.28. The summed E-state index contributed by atoms with van der Waals surface area (Å²) in [5.74, 6) is 0.905. The number of rotatable bonds is 3. The zero-order valence-electron chi connectivity index (χ0n) is 11.9. The van der Waals surface area contributed by atoms with Gasteiger partial charge in [-0.25, -0.2) is 4.98 Å². The van der Waals surface area contributed by atoms with Crippen molar-refractivity contribution in [1.82, 2.24) is 9.88 Å². The van der Waals surface area contributed by atoms with Crippen molar-refractivity contribution >= 4 is 22.9 Å². The second kappa shape index (κ2) is 6.13. The lowest BCUT2D eigenvalue weighted by atomic mass is 10.2. The average molecular weight is 303 g/mol. The minimum atomic E-state index is 0.0321. The molecule has 0 N–H and O–H groups in total. The van der Waals surface area contributed by atoms with Gasteiger partial charge in [-0.2, -0.15) is 0 Å². The molecule has 21 heavy (non-hydrogen) atoms. The van der Waals surface area contributed by atoms with E-state index in [1.807, 2.05) is 28.5 Å². The molecule has 3 rings (SSSR count). The lowest BCUT2D eigenvalue weighted by molar-refractivity contribution is 0.0746. The van der Waals surface area contributed by atoms with Gasteiger partial charge in [0.15, 0.2) is 5.01 Å². The van der Waals surface area contributed by atoms with Crippen molar-refractivity contribution < 1.29 is 9.53 Å². The highest BCUT2D eigenvalue weighted by molar-refractivity contribution is 7.11. The van der Waals surface area contributed by atoms with E-state index < -0.39 is 0 Å². The third-order valence-corrected chi connectivity index (χ3v) is 4.37. The Kier molecular flexibility index (Phi) is 4.06. The van der Waals surface area contributed by atoms with Crippen molar-refractivity contribution in [3.05, 3.63) is 40.8 Å². The Balaban J connectivity index is 1.66. The van der Waals surface area contributed by atoms with Gasteiger partial charge in [-0.05, 0) is 12.1 Å². The third-order valence-electron chi connectivity index (χ3n) is 3.61. The highest BCUT2D eigenvalue weighted by Gasteiger charge is 2.24. The summed E-state index contributed by atoms with van der Waals surface area (Å²) in [4.78, 5) is 20.5. The second-order valence-corrected chi connectivity index (χ2v) is 5.68. The van der Waals surface area contributed by atoms with Crippen LogP contribution < -0.4 is 9.64 Å². The first-order valence-electron chi connectivity index (χ1n) is 6.86. The predicted octanol–water partition coefficient (Wildman–Crippen LogP) is 2.11. The van der Waals surface area contributed by atoms with Crippen LogP contribution in [0, 0.1) is 0 Å². The Labute approximate surface area is 127 Å². The van der Waals surface area contributed by atoms with Gasteiger partial charge in [0.25, 0.3) is 5.91 Å². The Bertz CT molecular complexity index is 607. The number of methoxy groups -OCH3 is 1. The molecule has 1 fully saturated rings. The molecule has 0 radical (unpaired) electrons. The number of hydrogen-bond acceptors (Lipinski definition) is 5. The second-order valence-electron chi connectivity index (χ2n) is 4.79. The molecule has 0 bridgehead atoms. The van der Waals surface area contributed by atoms with Crippen molar-refractivity contribution in [3.63, 3.8) is 0 Å². The van der Waals surface area contributed by atoms with Crippen LogP contribution in [0.1, 0.15) is 9.80 Å². The van der Waals surface area contributed by atoms with E-state index in [-0.39, 0.29) is 5.91 Å². The Morgan fingerprint density at radius 2 is 2.00 bits per heavy atom. The van der Waals surface area contributed by atoms with Gasteiger partial charge >= 0.3 is 0 Å². The van der Waals surface area contributed by atoms with Crippen molar-refractivity contribution in [2.45, 2.75) is 0 Å². The molecule has 1 aliphatic rings. The summed E-state index contributed by atoms with van der Waals surface area (Å²) >= 11 is 1.39. The summed E-state index contributed by atoms with van der Waals surface area (Å²) in [5, 5.41) is 2.40. The maximum atomic E-state index is 12.3. The Morgan fingerprint density at radius 3 is 2.67 bits per heavy atom. The number of thiazole rings is 1. The lowest BCUT2D eigenvalue weighted by Gasteiger charge is -2.36. The van der Waals surface area contributed by atoms with Crippen LogP contribution in [0.25, 0.3) is 0 Å². The van der Waals surface area contributed by atoms with Crippen molar-refractivity contribution in [2.24, 2.45) is 0 Å². The molecule has 0 aliphatic carbocycles. The molecule has 1 aromatic heterocycles. The largest absolute Gasteiger partial charge is 0.495 e. The predicted molar refractivity (Wildman–Crippen MR) is 83.2 cm³/mol. The van der Waals surface area contributed by atoms with E-state index in [0.29, 0.717) is 18.1 Å². The lowest BCUT2D eigenvalue weighted by Crippen LogP contribution is -2.48. The SMILES string of the molecule is COc1ccccc1N1CCN(C(=O)c2nccs2)CC1. The number of carbonyl (C=O) groups is 1. The van der Waals surface area contributed by atoms with E-state index in [1.54, 1.807) is 13.3 Å². The molecule has 5 nitrogen and oxygen atoms in total. The van der Waals surface area contributed by atoms with Crippen LogP contribution in [0.4, 0.5) is 5.69 Å². The van der Waals surface area contributed by atoms with E-state index in [2.05, 4.69) is 16.0 Å². The molecule has 6 heteroatoms. The molecule has 0 unspecified atom stereocenters. The van der Waals surface area contributed by atoms with E-state index in [4.69, 9.17) is 4.74 Å². The quantitative estimate of drug-likeness (QED) is 0.871. The number of aromatic nitrogens is 1. The molecular formula is C15H17N3O2S. The van der Waals surface area contributed by atoms with E-state index in [1.165, 1.54) is 11.3 Å². The number of benzene rings is 1. The van der Waals surface area contributed by atoms with Crippen LogP contribution >= 0.6 is 11.3 Å². The molecule has 2 heterocycles. The molecular weight excluding hydrogens is 286 g/mol. The first kappa shape index (κ1) is 13.9. The fourth-order valence-corrected chi connectivity index (χ4v) is 3.11. The van der Waals surface area contributed by atoms with Crippen LogP contribution in [0.15, 0.2) is 35.8 Å². The van der Waals surface area contributed by atoms with Crippen LogP contribution in [-0.2, 0) is 0 Å². The summed E-state index contributed by atoms with van der Waals surface area (Å²) in [6.07, 6.45) is 1.67. The summed E-state index contributed by atoms with van der Waals surface area (Å²) < 4.78 is 5.40. The molecule has 0 saturated carbocycles. The number of piperazine rings is 1. The standard InChI is InChI=1S/C15H17N3O2S/c1-20-13-5-3-2-4-12(13)17-7-9-18(10-8-17)15(19)14-16-6-11-21-14/h2-6,11H,7-10H2,1H3. The zero-order chi connectivity index (χ0) is 14.7. The number of carbonyl (C=O) groups excluding carboxylic acids is 1. The fraction of sp³-hybridized carbons (Fsp3) is 0.333. The molecule has 1 amide bonds. The number of nitrogens with zero attached hydrogens (tertiary/aromatic N) is 3. The first-order valence-corrected chi connectivity index (χ1v) is 7.74. The normalized spacial score (nSPS) is 15.1. The summed E-state index contributed by atoms with van der Waals surface area (Å²) in [5.41, 5.74) is 1.08. The highest BCUT2D eigenvalue weighted by atomic mass is 32.1. The molecule has 0 spiro atoms. The molecule has 2 aromatic rings. The number of hydrogen-bond donors (Lipinski definition) is 0. The van der Waals surface area contributed by atoms with Crippen LogP contribution in [0.2, 0.25) is 0 Å². The van der Waals surface area contributed by atoms with Gasteiger partial charge in [0.2, 0.25) is 0 Å². The van der Waals surface area contributed by atoms with Gasteiger partial charge in [0, 0.05) is 37.8 Å². The Hall–Kier alpha value is -2.08. The fourth-order valence-electron chi connectivity index (χ4n) is 2.51. The zero-order valence-corrected chi connectivity index (χ0v) is 12.7. The van der Waals surface area contributed by atoms with E-state index in [0.717, 1.165) is 24.5 Å². The summed E-state index contributed by atoms with van der Waals surface area (Å²) in [6.45, 7) is 3.02. The number of ether oxygens (including phenoxy) is 1. The maximum Gasteiger partial charge on any atom is 0.282 e. The van der Waals surface area contributed by atoms with E-state index in [9.17, 15) is 4.79 Å². The number of para-hydroxylation sites is 2. The molecule has 0 atom stereocenters. The summed E-state index contributed by atoms with van der Waals surface area (Å²) in [6, 6.07) is 7.98. The smallest absolute Gasteiger partial charge is 0.282 e. The first-order chi connectivity index (χ1) is 10.3. The van der Waals surface area contributed by atoms with Crippen LogP contribution in [0.5, 0.6) is 5.75 Å². The van der Waals surface area contributed by atoms with Crippen LogP contribution in [0.3, 0.4) is 0 Å². The van der Waals surface area contributed by atoms with Gasteiger partial charge in [-0.3, -0.25) is 4.79 Å². The average Bonchev–Trinajstić information content (AvgIpc) is 3.09. The number of amides is 1. The Morgan fingerprint density at radius 1 is 1.24 bits per heavy atom. The van der Waals surface area contributed by atoms with Crippen molar-refractivity contribution in [3.8, 4) is 5.75 Å². The van der Waals surface area contributed by atoms with Crippen LogP contribution in [-0.4, -0.2) is 49.1 Å². The van der Waals surface area contributed by atoms with Gasteiger partial charge in [-0.1, -0.05) is 12.1 Å². The van der Waals surface area contributed by atoms with Gasteiger partial charge in [0.1, 0.15) is 5.75 Å². The molecule has 110 valence electrons. The van der Waals surface area contributed by atoms with Gasteiger partial charge in [0.05, 0.1) is 12.8 Å². The van der Waals surface area contributed by atoms with Gasteiger partial charge in [-0.15, -0.1) is 11.3 Å². The third kappa shape index (κ3) is 2.85. The minimum absolute atomic E-state index is 0.0321. The van der Waals surface area contributed by atoms with Gasteiger partial charge < -0.3 is 14.5 Å². The van der Waals surface area contributed by atoms with Crippen molar-refractivity contribution in [2.75, 3.05) is 38.2 Å². The molecule has 1 aliphatic heterocycles.